The first kappa shape index (κ1) is 16.0. The molecule has 0 atom stereocenters. The van der Waals surface area contributed by atoms with Gasteiger partial charge in [0.15, 0.2) is 0 Å². The lowest BCUT2D eigenvalue weighted by Gasteiger charge is -1.82. The van der Waals surface area contributed by atoms with Crippen molar-refractivity contribution >= 4 is 7.82 Å². The van der Waals surface area contributed by atoms with Crippen LogP contribution < -0.4 is 11.8 Å². The molecule has 60 valence electrons. The van der Waals surface area contributed by atoms with Crippen LogP contribution in [0.25, 0.3) is 0 Å². The van der Waals surface area contributed by atoms with Crippen molar-refractivity contribution in [2.75, 3.05) is 0 Å². The van der Waals surface area contributed by atoms with Gasteiger partial charge in [-0.15, -0.1) is 0 Å². The summed E-state index contributed by atoms with van der Waals surface area (Å²) >= 11 is 0. The monoisotopic (exact) mass is 164 g/mol. The highest BCUT2D eigenvalue weighted by atomic mass is 31.2. The molecule has 0 saturated heterocycles. The van der Waals surface area contributed by atoms with Crippen molar-refractivity contribution in [2.24, 2.45) is 11.8 Å². The normalized spacial score (nSPS) is 7.89. The van der Waals surface area contributed by atoms with Crippen molar-refractivity contribution in [2.45, 2.75) is 0 Å². The molecule has 9 heteroatoms. The maximum absolute atomic E-state index is 8.88. The molecule has 0 aromatic heterocycles. The van der Waals surface area contributed by atoms with Gasteiger partial charge >= 0.3 is 7.82 Å². The maximum atomic E-state index is 8.88. The van der Waals surface area contributed by atoms with E-state index in [1.807, 2.05) is 0 Å². The summed E-state index contributed by atoms with van der Waals surface area (Å²) in [5.74, 6) is 7.00. The Morgan fingerprint density at radius 2 is 0.889 bits per heavy atom. The van der Waals surface area contributed by atoms with Crippen LogP contribution in [0.5, 0.6) is 0 Å². The number of nitrogens with two attached hydrogens (primary N) is 2. The van der Waals surface area contributed by atoms with Crippen LogP contribution in [0.15, 0.2) is 0 Å². The van der Waals surface area contributed by atoms with Gasteiger partial charge in [-0.25, -0.2) is 16.4 Å². The van der Waals surface area contributed by atoms with Gasteiger partial charge in [-0.3, -0.25) is 0 Å². The maximum Gasteiger partial charge on any atom is 0.466 e. The van der Waals surface area contributed by atoms with E-state index in [0.29, 0.717) is 0 Å². The molecular formula is H9N2O6P. The summed E-state index contributed by atoms with van der Waals surface area (Å²) in [6.07, 6.45) is 0. The zero-order chi connectivity index (χ0) is 8.50. The quantitative estimate of drug-likeness (QED) is 0.155. The zero-order valence-electron chi connectivity index (χ0n) is 4.25. The SMILES string of the molecule is NO.NO.O=P(O)(O)O. The first-order valence-corrected chi connectivity index (χ1v) is 2.86. The molecular weight excluding hydrogens is 155 g/mol. The lowest BCUT2D eigenvalue weighted by Crippen LogP contribution is -1.72. The number of phosphoric acid groups is 1. The minimum atomic E-state index is -4.64. The fourth-order valence-corrected chi connectivity index (χ4v) is 0. The van der Waals surface area contributed by atoms with Gasteiger partial charge in [-0.2, -0.15) is 0 Å². The molecule has 0 aromatic rings. The Balaban J connectivity index is -0.0000000771. The van der Waals surface area contributed by atoms with Crippen LogP contribution in [0.2, 0.25) is 0 Å². The lowest BCUT2D eigenvalue weighted by molar-refractivity contribution is 0.275. The second kappa shape index (κ2) is 10.8. The van der Waals surface area contributed by atoms with Gasteiger partial charge in [-0.1, -0.05) is 0 Å². The molecule has 0 bridgehead atoms. The molecule has 8 nitrogen and oxygen atoms in total. The van der Waals surface area contributed by atoms with Crippen LogP contribution >= 0.6 is 7.82 Å². The van der Waals surface area contributed by atoms with Gasteiger partial charge in [0.1, 0.15) is 0 Å². The second-order valence-corrected chi connectivity index (χ2v) is 1.54. The summed E-state index contributed by atoms with van der Waals surface area (Å²) in [5, 5.41) is 13.0. The van der Waals surface area contributed by atoms with Crippen molar-refractivity contribution in [1.82, 2.24) is 0 Å². The molecule has 0 saturated carbocycles. The van der Waals surface area contributed by atoms with Gasteiger partial charge in [0.25, 0.3) is 0 Å². The largest absolute Gasteiger partial charge is 0.466 e. The first-order chi connectivity index (χ1) is 4.00. The van der Waals surface area contributed by atoms with Crippen molar-refractivity contribution < 1.29 is 29.7 Å². The molecule has 0 aliphatic rings. The van der Waals surface area contributed by atoms with Gasteiger partial charge in [-0.05, 0) is 0 Å². The van der Waals surface area contributed by atoms with Crippen LogP contribution in [0.4, 0.5) is 0 Å². The minimum Gasteiger partial charge on any atom is -0.320 e. The Kier molecular flexibility index (Phi) is 19.3. The molecule has 0 aliphatic carbocycles. The molecule has 0 unspecified atom stereocenters. The molecule has 0 amide bonds. The summed E-state index contributed by atoms with van der Waals surface area (Å²) in [4.78, 5) is 21.6. The van der Waals surface area contributed by atoms with Crippen LogP contribution in [0.1, 0.15) is 0 Å². The third-order valence-corrected chi connectivity index (χ3v) is 0. The summed E-state index contributed by atoms with van der Waals surface area (Å²) < 4.78 is 8.88. The van der Waals surface area contributed by atoms with Gasteiger partial charge < -0.3 is 25.1 Å². The molecule has 9 N–H and O–H groups in total. The fraction of sp³-hybridized carbons (Fsp3) is 0. The third kappa shape index (κ3) is 113000. The molecule has 0 rings (SSSR count). The molecule has 0 heterocycles. The van der Waals surface area contributed by atoms with Gasteiger partial charge in [0.05, 0.1) is 0 Å². The predicted molar refractivity (Wildman–Crippen MR) is 26.2 cm³/mol. The standard InChI is InChI=1S/2H3NO.H3O4P/c2*1-2;1-5(2,3)4/h2*2H,1H2;(H3,1,2,3,4). The third-order valence-electron chi connectivity index (χ3n) is 0. The number of rotatable bonds is 0. The number of hydrogen-bond donors (Lipinski definition) is 7. The van der Waals surface area contributed by atoms with E-state index in [2.05, 4.69) is 11.8 Å². The molecule has 0 aliphatic heterocycles. The summed E-state index contributed by atoms with van der Waals surface area (Å²) in [6.45, 7) is 0. The van der Waals surface area contributed by atoms with Crippen molar-refractivity contribution in [3.8, 4) is 0 Å². The molecule has 0 fully saturated rings. The second-order valence-electron chi connectivity index (χ2n) is 0.513. The van der Waals surface area contributed by atoms with Crippen LogP contribution in [-0.2, 0) is 4.57 Å². The van der Waals surface area contributed by atoms with Crippen molar-refractivity contribution in [3.63, 3.8) is 0 Å². The lowest BCUT2D eigenvalue weighted by atomic mass is 13.6. The van der Waals surface area contributed by atoms with E-state index in [1.54, 1.807) is 0 Å². The van der Waals surface area contributed by atoms with Gasteiger partial charge in [0, 0.05) is 0 Å². The van der Waals surface area contributed by atoms with Gasteiger partial charge in [0.2, 0.25) is 0 Å². The zero-order valence-corrected chi connectivity index (χ0v) is 5.14. The summed E-state index contributed by atoms with van der Waals surface area (Å²) in [5.41, 5.74) is 0. The Morgan fingerprint density at radius 3 is 0.889 bits per heavy atom. The minimum absolute atomic E-state index is 3.50. The van der Waals surface area contributed by atoms with Crippen molar-refractivity contribution in [1.29, 1.82) is 0 Å². The topological polar surface area (TPSA) is 170 Å². The predicted octanol–water partition coefficient (Wildman–Crippen LogP) is -2.26. The summed E-state index contributed by atoms with van der Waals surface area (Å²) in [7, 11) is -4.64. The average Bonchev–Trinajstić information content (AvgIpc) is 1.72. The highest BCUT2D eigenvalue weighted by molar-refractivity contribution is 7.45. The van der Waals surface area contributed by atoms with Crippen LogP contribution in [0.3, 0.4) is 0 Å². The van der Waals surface area contributed by atoms with E-state index in [4.69, 9.17) is 29.7 Å². The number of hydrogen-bond acceptors (Lipinski definition) is 5. The van der Waals surface area contributed by atoms with Crippen molar-refractivity contribution in [3.05, 3.63) is 0 Å². The Hall–Kier alpha value is -0.0500. The average molecular weight is 164 g/mol. The van der Waals surface area contributed by atoms with Crippen LogP contribution in [0, 0.1) is 0 Å². The van der Waals surface area contributed by atoms with E-state index in [1.165, 1.54) is 0 Å². The van der Waals surface area contributed by atoms with E-state index >= 15 is 0 Å². The Bertz CT molecular complexity index is 57.2. The van der Waals surface area contributed by atoms with E-state index in [-0.39, 0.29) is 0 Å². The highest BCUT2D eigenvalue weighted by Crippen LogP contribution is 2.25. The summed E-state index contributed by atoms with van der Waals surface area (Å²) in [6, 6.07) is 0. The van der Waals surface area contributed by atoms with E-state index in [0.717, 1.165) is 0 Å². The first-order valence-electron chi connectivity index (χ1n) is 1.30. The van der Waals surface area contributed by atoms with Crippen LogP contribution in [-0.4, -0.2) is 25.1 Å². The van der Waals surface area contributed by atoms with E-state index < -0.39 is 7.82 Å². The fourth-order valence-electron chi connectivity index (χ4n) is 0. The highest BCUT2D eigenvalue weighted by Gasteiger charge is 2.00. The van der Waals surface area contributed by atoms with E-state index in [9.17, 15) is 0 Å². The molecule has 0 radical (unpaired) electrons. The molecule has 9 heavy (non-hydrogen) atoms. The smallest absolute Gasteiger partial charge is 0.320 e. The molecule has 0 spiro atoms. The molecule has 0 aromatic carbocycles. The Morgan fingerprint density at radius 1 is 0.889 bits per heavy atom. The Labute approximate surface area is 50.5 Å².